The standard InChI is InChI=1S/C18H30N2/c1-4-16-7-6-11-20(12-10-16)18-9-8-15(3)13-17(18)14-19-5-2/h8-9,13,16,19H,4-7,10-12,14H2,1-3H3. The van der Waals surface area contributed by atoms with Crippen LogP contribution in [-0.4, -0.2) is 19.6 Å². The Hall–Kier alpha value is -1.02. The largest absolute Gasteiger partial charge is 0.371 e. The number of anilines is 1. The molecule has 1 aromatic carbocycles. The Morgan fingerprint density at radius 3 is 2.80 bits per heavy atom. The van der Waals surface area contributed by atoms with Crippen LogP contribution >= 0.6 is 0 Å². The summed E-state index contributed by atoms with van der Waals surface area (Å²) in [6.45, 7) is 11.2. The number of rotatable bonds is 5. The van der Waals surface area contributed by atoms with Crippen LogP contribution < -0.4 is 10.2 Å². The number of aryl methyl sites for hydroxylation is 1. The first-order chi connectivity index (χ1) is 9.74. The van der Waals surface area contributed by atoms with Crippen molar-refractivity contribution in [2.24, 2.45) is 5.92 Å². The van der Waals surface area contributed by atoms with Crippen molar-refractivity contribution in [2.45, 2.75) is 53.0 Å². The predicted molar refractivity (Wildman–Crippen MR) is 88.4 cm³/mol. The molecular formula is C18H30N2. The quantitative estimate of drug-likeness (QED) is 0.869. The lowest BCUT2D eigenvalue weighted by atomic mass is 9.98. The van der Waals surface area contributed by atoms with Gasteiger partial charge in [-0.05, 0) is 50.3 Å². The van der Waals surface area contributed by atoms with Gasteiger partial charge in [-0.1, -0.05) is 38.0 Å². The summed E-state index contributed by atoms with van der Waals surface area (Å²) in [6, 6.07) is 6.93. The Balaban J connectivity index is 2.13. The molecule has 1 N–H and O–H groups in total. The number of hydrogen-bond donors (Lipinski definition) is 1. The molecule has 20 heavy (non-hydrogen) atoms. The van der Waals surface area contributed by atoms with Crippen LogP contribution in [-0.2, 0) is 6.54 Å². The summed E-state index contributed by atoms with van der Waals surface area (Å²) in [6.07, 6.45) is 5.44. The molecule has 2 heteroatoms. The number of nitrogens with one attached hydrogen (secondary N) is 1. The van der Waals surface area contributed by atoms with Crippen LogP contribution in [0.4, 0.5) is 5.69 Å². The van der Waals surface area contributed by atoms with Gasteiger partial charge in [-0.15, -0.1) is 0 Å². The molecule has 0 radical (unpaired) electrons. The Morgan fingerprint density at radius 1 is 1.20 bits per heavy atom. The van der Waals surface area contributed by atoms with E-state index in [4.69, 9.17) is 0 Å². The Labute approximate surface area is 124 Å². The maximum atomic E-state index is 3.48. The summed E-state index contributed by atoms with van der Waals surface area (Å²) >= 11 is 0. The molecule has 112 valence electrons. The van der Waals surface area contributed by atoms with Crippen LogP contribution in [0, 0.1) is 12.8 Å². The third-order valence-electron chi connectivity index (χ3n) is 4.57. The topological polar surface area (TPSA) is 15.3 Å². The smallest absolute Gasteiger partial charge is 0.0412 e. The molecule has 1 saturated heterocycles. The summed E-state index contributed by atoms with van der Waals surface area (Å²) in [4.78, 5) is 2.61. The van der Waals surface area contributed by atoms with E-state index >= 15 is 0 Å². The lowest BCUT2D eigenvalue weighted by Gasteiger charge is -2.26. The summed E-state index contributed by atoms with van der Waals surface area (Å²) in [5.74, 6) is 0.933. The van der Waals surface area contributed by atoms with E-state index in [0.29, 0.717) is 0 Å². The molecule has 0 aromatic heterocycles. The number of benzene rings is 1. The van der Waals surface area contributed by atoms with Gasteiger partial charge in [0.1, 0.15) is 0 Å². The Bertz CT molecular complexity index is 414. The zero-order valence-electron chi connectivity index (χ0n) is 13.4. The van der Waals surface area contributed by atoms with Crippen molar-refractivity contribution in [1.82, 2.24) is 5.32 Å². The van der Waals surface area contributed by atoms with Crippen molar-refractivity contribution in [3.8, 4) is 0 Å². The van der Waals surface area contributed by atoms with E-state index in [0.717, 1.165) is 19.0 Å². The number of hydrogen-bond acceptors (Lipinski definition) is 2. The van der Waals surface area contributed by atoms with E-state index in [1.54, 1.807) is 0 Å². The molecular weight excluding hydrogens is 244 g/mol. The Morgan fingerprint density at radius 2 is 2.05 bits per heavy atom. The van der Waals surface area contributed by atoms with Gasteiger partial charge in [-0.25, -0.2) is 0 Å². The first-order valence-corrected chi connectivity index (χ1v) is 8.29. The van der Waals surface area contributed by atoms with Gasteiger partial charge in [-0.2, -0.15) is 0 Å². The van der Waals surface area contributed by atoms with E-state index in [1.807, 2.05) is 0 Å². The monoisotopic (exact) mass is 274 g/mol. The van der Waals surface area contributed by atoms with Gasteiger partial charge < -0.3 is 10.2 Å². The van der Waals surface area contributed by atoms with Crippen LogP contribution in [0.1, 0.15) is 50.7 Å². The average molecular weight is 274 g/mol. The minimum Gasteiger partial charge on any atom is -0.371 e. The van der Waals surface area contributed by atoms with Crippen LogP contribution in [0.25, 0.3) is 0 Å². The van der Waals surface area contributed by atoms with Crippen LogP contribution in [0.2, 0.25) is 0 Å². The average Bonchev–Trinajstić information content (AvgIpc) is 2.70. The molecule has 2 rings (SSSR count). The highest BCUT2D eigenvalue weighted by Crippen LogP contribution is 2.27. The fraction of sp³-hybridized carbons (Fsp3) is 0.667. The van der Waals surface area contributed by atoms with E-state index in [1.165, 1.54) is 55.6 Å². The molecule has 1 atom stereocenters. The maximum Gasteiger partial charge on any atom is 0.0412 e. The van der Waals surface area contributed by atoms with Gasteiger partial charge in [0.2, 0.25) is 0 Å². The molecule has 0 amide bonds. The molecule has 0 aliphatic carbocycles. The van der Waals surface area contributed by atoms with Crippen molar-refractivity contribution < 1.29 is 0 Å². The highest BCUT2D eigenvalue weighted by molar-refractivity contribution is 5.55. The zero-order valence-corrected chi connectivity index (χ0v) is 13.4. The van der Waals surface area contributed by atoms with E-state index in [2.05, 4.69) is 49.2 Å². The SMILES string of the molecule is CCNCc1cc(C)ccc1N1CCCC(CC)CC1. The fourth-order valence-electron chi connectivity index (χ4n) is 3.24. The summed E-state index contributed by atoms with van der Waals surface area (Å²) in [5, 5.41) is 3.48. The normalized spacial score (nSPS) is 19.9. The molecule has 0 spiro atoms. The molecule has 1 heterocycles. The number of nitrogens with zero attached hydrogens (tertiary/aromatic N) is 1. The summed E-state index contributed by atoms with van der Waals surface area (Å²) < 4.78 is 0. The minimum atomic E-state index is 0.933. The van der Waals surface area contributed by atoms with Gasteiger partial charge in [0.05, 0.1) is 0 Å². The highest BCUT2D eigenvalue weighted by atomic mass is 15.1. The minimum absolute atomic E-state index is 0.933. The van der Waals surface area contributed by atoms with Gasteiger partial charge in [0.25, 0.3) is 0 Å². The molecule has 1 unspecified atom stereocenters. The van der Waals surface area contributed by atoms with Crippen molar-refractivity contribution >= 4 is 5.69 Å². The highest BCUT2D eigenvalue weighted by Gasteiger charge is 2.17. The first kappa shape index (κ1) is 15.4. The second-order valence-electron chi connectivity index (χ2n) is 6.10. The molecule has 1 aromatic rings. The van der Waals surface area contributed by atoms with E-state index < -0.39 is 0 Å². The summed E-state index contributed by atoms with van der Waals surface area (Å²) in [5.41, 5.74) is 4.28. The fourth-order valence-corrected chi connectivity index (χ4v) is 3.24. The molecule has 0 saturated carbocycles. The molecule has 1 aliphatic heterocycles. The first-order valence-electron chi connectivity index (χ1n) is 8.29. The van der Waals surface area contributed by atoms with Crippen LogP contribution in [0.3, 0.4) is 0 Å². The van der Waals surface area contributed by atoms with Crippen LogP contribution in [0.15, 0.2) is 18.2 Å². The van der Waals surface area contributed by atoms with Crippen molar-refractivity contribution in [3.05, 3.63) is 29.3 Å². The molecule has 0 bridgehead atoms. The second kappa shape index (κ2) is 7.68. The lowest BCUT2D eigenvalue weighted by Crippen LogP contribution is -2.26. The van der Waals surface area contributed by atoms with Gasteiger partial charge in [0, 0.05) is 25.3 Å². The Kier molecular flexibility index (Phi) is 5.90. The van der Waals surface area contributed by atoms with E-state index in [-0.39, 0.29) is 0 Å². The molecule has 1 aliphatic rings. The molecule has 1 fully saturated rings. The lowest BCUT2D eigenvalue weighted by molar-refractivity contribution is 0.459. The third kappa shape index (κ3) is 3.99. The van der Waals surface area contributed by atoms with Crippen LogP contribution in [0.5, 0.6) is 0 Å². The van der Waals surface area contributed by atoms with Gasteiger partial charge >= 0.3 is 0 Å². The van der Waals surface area contributed by atoms with E-state index in [9.17, 15) is 0 Å². The zero-order chi connectivity index (χ0) is 14.4. The van der Waals surface area contributed by atoms with Crippen molar-refractivity contribution in [1.29, 1.82) is 0 Å². The predicted octanol–water partition coefficient (Wildman–Crippen LogP) is 4.12. The van der Waals surface area contributed by atoms with Crippen molar-refractivity contribution in [2.75, 3.05) is 24.5 Å². The summed E-state index contributed by atoms with van der Waals surface area (Å²) in [7, 11) is 0. The maximum absolute atomic E-state index is 3.48. The van der Waals surface area contributed by atoms with Gasteiger partial charge in [0.15, 0.2) is 0 Å². The van der Waals surface area contributed by atoms with Crippen molar-refractivity contribution in [3.63, 3.8) is 0 Å². The second-order valence-corrected chi connectivity index (χ2v) is 6.10. The molecule has 2 nitrogen and oxygen atoms in total. The third-order valence-corrected chi connectivity index (χ3v) is 4.57. The van der Waals surface area contributed by atoms with Gasteiger partial charge in [-0.3, -0.25) is 0 Å².